The van der Waals surface area contributed by atoms with Gasteiger partial charge in [0, 0.05) is 27.4 Å². The molecule has 78 valence electrons. The van der Waals surface area contributed by atoms with E-state index in [1.807, 2.05) is 0 Å². The standard InChI is InChI=1S/C7H17NO4Si/c1-8(6(9)10-2)5-13-7(11-3)12-4/h7H,5,13H2,1-4H3. The van der Waals surface area contributed by atoms with Crippen molar-refractivity contribution in [3.05, 3.63) is 0 Å². The van der Waals surface area contributed by atoms with Crippen LogP contribution in [0.25, 0.3) is 0 Å². The van der Waals surface area contributed by atoms with Crippen molar-refractivity contribution in [1.29, 1.82) is 0 Å². The van der Waals surface area contributed by atoms with Gasteiger partial charge in [0.2, 0.25) is 0 Å². The van der Waals surface area contributed by atoms with E-state index in [1.54, 1.807) is 21.3 Å². The predicted octanol–water partition coefficient (Wildman–Crippen LogP) is -0.613. The molecule has 0 spiro atoms. The van der Waals surface area contributed by atoms with E-state index in [2.05, 4.69) is 4.74 Å². The van der Waals surface area contributed by atoms with Crippen LogP contribution in [0.3, 0.4) is 0 Å². The fourth-order valence-corrected chi connectivity index (χ4v) is 2.13. The van der Waals surface area contributed by atoms with Gasteiger partial charge in [0.1, 0.15) is 15.4 Å². The zero-order chi connectivity index (χ0) is 10.3. The van der Waals surface area contributed by atoms with Crippen molar-refractivity contribution in [3.8, 4) is 0 Å². The Morgan fingerprint density at radius 3 is 2.31 bits per heavy atom. The quantitative estimate of drug-likeness (QED) is 0.445. The second-order valence-corrected chi connectivity index (χ2v) is 4.27. The largest absolute Gasteiger partial charge is 0.453 e. The molecule has 6 heteroatoms. The van der Waals surface area contributed by atoms with Crippen LogP contribution in [0, 0.1) is 0 Å². The lowest BCUT2D eigenvalue weighted by atomic mass is 10.9. The molecule has 0 unspecified atom stereocenters. The van der Waals surface area contributed by atoms with Crippen molar-refractivity contribution in [2.24, 2.45) is 0 Å². The number of ether oxygens (including phenoxy) is 3. The zero-order valence-corrected chi connectivity index (χ0v) is 9.99. The highest BCUT2D eigenvalue weighted by Crippen LogP contribution is 1.92. The summed E-state index contributed by atoms with van der Waals surface area (Å²) < 4.78 is 14.6. The molecule has 0 aromatic carbocycles. The molecule has 5 nitrogen and oxygen atoms in total. The molecule has 0 heterocycles. The third-order valence-electron chi connectivity index (χ3n) is 1.71. The summed E-state index contributed by atoms with van der Waals surface area (Å²) in [6.45, 7) is 0. The van der Waals surface area contributed by atoms with E-state index in [1.165, 1.54) is 12.0 Å². The average molecular weight is 207 g/mol. The van der Waals surface area contributed by atoms with Crippen molar-refractivity contribution in [2.45, 2.75) is 5.91 Å². The molecule has 0 aliphatic rings. The van der Waals surface area contributed by atoms with Crippen molar-refractivity contribution in [3.63, 3.8) is 0 Å². The van der Waals surface area contributed by atoms with Crippen LogP contribution in [-0.4, -0.2) is 61.0 Å². The Labute approximate surface area is 80.8 Å². The minimum Gasteiger partial charge on any atom is -0.453 e. The number of amides is 1. The molecule has 0 aromatic rings. The van der Waals surface area contributed by atoms with E-state index >= 15 is 0 Å². The van der Waals surface area contributed by atoms with E-state index in [-0.39, 0.29) is 12.0 Å². The van der Waals surface area contributed by atoms with E-state index in [0.717, 1.165) is 0 Å². The van der Waals surface area contributed by atoms with Gasteiger partial charge in [0.25, 0.3) is 0 Å². The minimum atomic E-state index is -0.594. The van der Waals surface area contributed by atoms with Gasteiger partial charge in [-0.1, -0.05) is 0 Å². The third-order valence-corrected chi connectivity index (χ3v) is 3.78. The molecule has 0 saturated carbocycles. The summed E-state index contributed by atoms with van der Waals surface area (Å²) in [6, 6.07) is 0. The van der Waals surface area contributed by atoms with Crippen LogP contribution in [0.4, 0.5) is 4.79 Å². The number of carbonyl (C=O) groups excluding carboxylic acids is 1. The lowest BCUT2D eigenvalue weighted by molar-refractivity contribution is -0.0446. The summed E-state index contributed by atoms with van der Waals surface area (Å²) in [4.78, 5) is 12.5. The van der Waals surface area contributed by atoms with Crippen LogP contribution in [0.15, 0.2) is 0 Å². The van der Waals surface area contributed by atoms with E-state index < -0.39 is 9.52 Å². The van der Waals surface area contributed by atoms with E-state index in [0.29, 0.717) is 6.17 Å². The van der Waals surface area contributed by atoms with Crippen LogP contribution in [0.5, 0.6) is 0 Å². The molecule has 0 aliphatic heterocycles. The fraction of sp³-hybridized carbons (Fsp3) is 0.857. The Hall–Kier alpha value is -0.593. The molecule has 0 rings (SSSR count). The number of methoxy groups -OCH3 is 3. The number of carbonyl (C=O) groups is 1. The number of rotatable bonds is 5. The Kier molecular flexibility index (Phi) is 6.56. The van der Waals surface area contributed by atoms with Gasteiger partial charge in [0.05, 0.1) is 7.11 Å². The highest BCUT2D eigenvalue weighted by Gasteiger charge is 2.12. The smallest absolute Gasteiger partial charge is 0.408 e. The number of hydrogen-bond acceptors (Lipinski definition) is 4. The van der Waals surface area contributed by atoms with Crippen LogP contribution in [-0.2, 0) is 14.2 Å². The first kappa shape index (κ1) is 12.4. The first-order valence-electron chi connectivity index (χ1n) is 4.00. The van der Waals surface area contributed by atoms with Crippen LogP contribution < -0.4 is 0 Å². The lowest BCUT2D eigenvalue weighted by Gasteiger charge is -2.18. The summed E-state index contributed by atoms with van der Waals surface area (Å²) in [6.07, 6.45) is 0.359. The fourth-order valence-electron chi connectivity index (χ4n) is 0.878. The third kappa shape index (κ3) is 4.86. The summed E-state index contributed by atoms with van der Waals surface area (Å²) in [5.41, 5.74) is 0. The van der Waals surface area contributed by atoms with Gasteiger partial charge in [-0.05, 0) is 0 Å². The molecule has 0 N–H and O–H groups in total. The zero-order valence-electron chi connectivity index (χ0n) is 8.57. The number of nitrogens with zero attached hydrogens (tertiary/aromatic N) is 1. The molecule has 1 amide bonds. The van der Waals surface area contributed by atoms with Gasteiger partial charge in [-0.25, -0.2) is 4.79 Å². The lowest BCUT2D eigenvalue weighted by Crippen LogP contribution is -2.36. The maximum atomic E-state index is 10.9. The molecular formula is C7H17NO4Si. The second-order valence-electron chi connectivity index (χ2n) is 2.58. The summed E-state index contributed by atoms with van der Waals surface area (Å²) >= 11 is 0. The van der Waals surface area contributed by atoms with E-state index in [4.69, 9.17) is 9.47 Å². The molecule has 0 atom stereocenters. The van der Waals surface area contributed by atoms with E-state index in [9.17, 15) is 4.79 Å². The van der Waals surface area contributed by atoms with Crippen LogP contribution in [0.2, 0.25) is 0 Å². The molecule has 0 radical (unpaired) electrons. The Morgan fingerprint density at radius 1 is 1.38 bits per heavy atom. The Balaban J connectivity index is 3.67. The SMILES string of the molecule is COC(=O)N(C)C[SiH2]C(OC)OC. The van der Waals surface area contributed by atoms with Crippen molar-refractivity contribution >= 4 is 15.6 Å². The number of hydrogen-bond donors (Lipinski definition) is 0. The first-order chi connectivity index (χ1) is 6.15. The van der Waals surface area contributed by atoms with Gasteiger partial charge in [-0.3, -0.25) is 0 Å². The summed E-state index contributed by atoms with van der Waals surface area (Å²) in [7, 11) is 5.66. The summed E-state index contributed by atoms with van der Waals surface area (Å²) in [5, 5.41) is 0. The molecule has 0 aromatic heterocycles. The monoisotopic (exact) mass is 207 g/mol. The van der Waals surface area contributed by atoms with Gasteiger partial charge in [-0.2, -0.15) is 0 Å². The van der Waals surface area contributed by atoms with Crippen LogP contribution in [0.1, 0.15) is 0 Å². The minimum absolute atomic E-state index is 0.132. The molecule has 0 saturated heterocycles. The highest BCUT2D eigenvalue weighted by atomic mass is 28.2. The Morgan fingerprint density at radius 2 is 1.92 bits per heavy atom. The average Bonchev–Trinajstić information content (AvgIpc) is 2.17. The molecule has 0 bridgehead atoms. The van der Waals surface area contributed by atoms with Gasteiger partial charge in [0.15, 0.2) is 0 Å². The molecular weight excluding hydrogens is 190 g/mol. The predicted molar refractivity (Wildman–Crippen MR) is 51.4 cm³/mol. The molecule has 0 aliphatic carbocycles. The van der Waals surface area contributed by atoms with Crippen molar-refractivity contribution in [1.82, 2.24) is 4.90 Å². The second kappa shape index (κ2) is 6.87. The normalized spacial score (nSPS) is 11.2. The maximum absolute atomic E-state index is 10.9. The molecule has 13 heavy (non-hydrogen) atoms. The maximum Gasteiger partial charge on any atom is 0.408 e. The Bertz CT molecular complexity index is 151. The first-order valence-corrected chi connectivity index (χ1v) is 5.82. The van der Waals surface area contributed by atoms with Gasteiger partial charge < -0.3 is 19.1 Å². The highest BCUT2D eigenvalue weighted by molar-refractivity contribution is 6.37. The van der Waals surface area contributed by atoms with Crippen molar-refractivity contribution in [2.75, 3.05) is 34.5 Å². The van der Waals surface area contributed by atoms with Crippen molar-refractivity contribution < 1.29 is 19.0 Å². The van der Waals surface area contributed by atoms with Crippen LogP contribution >= 0.6 is 0 Å². The van der Waals surface area contributed by atoms with Gasteiger partial charge >= 0.3 is 6.09 Å². The topological polar surface area (TPSA) is 48.0 Å². The molecule has 0 fully saturated rings. The summed E-state index contributed by atoms with van der Waals surface area (Å²) in [5.74, 6) is -0.132. The van der Waals surface area contributed by atoms with Gasteiger partial charge in [-0.15, -0.1) is 0 Å².